The van der Waals surface area contributed by atoms with Crippen LogP contribution < -0.4 is 15.5 Å². The summed E-state index contributed by atoms with van der Waals surface area (Å²) in [6.45, 7) is 1.83. The van der Waals surface area contributed by atoms with Gasteiger partial charge < -0.3 is 25.1 Å². The molecular formula is C17H23N3O3. The van der Waals surface area contributed by atoms with Gasteiger partial charge in [0.2, 0.25) is 0 Å². The molecule has 0 fully saturated rings. The highest BCUT2D eigenvalue weighted by molar-refractivity contribution is 5.89. The van der Waals surface area contributed by atoms with Crippen LogP contribution in [-0.4, -0.2) is 31.3 Å². The monoisotopic (exact) mass is 317 g/mol. The molecule has 2 unspecified atom stereocenters. The Morgan fingerprint density at radius 2 is 1.96 bits per heavy atom. The van der Waals surface area contributed by atoms with Crippen LogP contribution in [0.4, 0.5) is 16.2 Å². The summed E-state index contributed by atoms with van der Waals surface area (Å²) in [6, 6.07) is 10.5. The van der Waals surface area contributed by atoms with Gasteiger partial charge in [-0.15, -0.1) is 0 Å². The quantitative estimate of drug-likeness (QED) is 0.765. The number of rotatable bonds is 6. The largest absolute Gasteiger partial charge is 0.467 e. The first-order chi connectivity index (χ1) is 11.0. The predicted octanol–water partition coefficient (Wildman–Crippen LogP) is 2.98. The van der Waals surface area contributed by atoms with Gasteiger partial charge in [0.15, 0.2) is 0 Å². The van der Waals surface area contributed by atoms with Crippen LogP contribution in [0.5, 0.6) is 0 Å². The molecule has 6 heteroatoms. The molecule has 2 amide bonds. The molecule has 0 aliphatic carbocycles. The van der Waals surface area contributed by atoms with E-state index in [1.165, 1.54) is 6.26 Å². The molecular weight excluding hydrogens is 294 g/mol. The first-order valence-electron chi connectivity index (χ1n) is 7.52. The number of hydrogen-bond acceptors (Lipinski definition) is 4. The summed E-state index contributed by atoms with van der Waals surface area (Å²) in [7, 11) is 3.92. The number of aliphatic hydroxyl groups excluding tert-OH is 1. The van der Waals surface area contributed by atoms with Gasteiger partial charge in [-0.1, -0.05) is 0 Å². The summed E-state index contributed by atoms with van der Waals surface area (Å²) in [4.78, 5) is 14.0. The minimum absolute atomic E-state index is 0.198. The zero-order chi connectivity index (χ0) is 16.8. The van der Waals surface area contributed by atoms with Crippen LogP contribution in [0.1, 0.15) is 25.2 Å². The molecule has 1 aromatic heterocycles. The van der Waals surface area contributed by atoms with Crippen LogP contribution in [0.15, 0.2) is 47.1 Å². The number of amides is 2. The number of benzene rings is 1. The Hall–Kier alpha value is -2.47. The maximum Gasteiger partial charge on any atom is 0.319 e. The standard InChI is InChI=1S/C17H23N3O3/c1-12(11-15(21)16-5-4-10-23-16)18-17(22)19-13-6-8-14(9-7-13)20(2)3/h4-10,12,15,21H,11H2,1-3H3,(H2,18,19,22). The zero-order valence-electron chi connectivity index (χ0n) is 13.6. The average molecular weight is 317 g/mol. The number of urea groups is 1. The van der Waals surface area contributed by atoms with Crippen molar-refractivity contribution < 1.29 is 14.3 Å². The third-order valence-corrected chi connectivity index (χ3v) is 3.47. The second kappa shape index (κ2) is 7.69. The van der Waals surface area contributed by atoms with E-state index in [9.17, 15) is 9.90 Å². The van der Waals surface area contributed by atoms with Crippen LogP contribution in [0, 0.1) is 0 Å². The fourth-order valence-corrected chi connectivity index (χ4v) is 2.22. The number of nitrogens with one attached hydrogen (secondary N) is 2. The number of furan rings is 1. The summed E-state index contributed by atoms with van der Waals surface area (Å²) in [5.41, 5.74) is 1.78. The Balaban J connectivity index is 1.81. The summed E-state index contributed by atoms with van der Waals surface area (Å²) in [6.07, 6.45) is 1.15. The minimum Gasteiger partial charge on any atom is -0.467 e. The third-order valence-electron chi connectivity index (χ3n) is 3.47. The van der Waals surface area contributed by atoms with Gasteiger partial charge in [-0.2, -0.15) is 0 Å². The van der Waals surface area contributed by atoms with Crippen molar-refractivity contribution in [3.05, 3.63) is 48.4 Å². The SMILES string of the molecule is CC(CC(O)c1ccco1)NC(=O)Nc1ccc(N(C)C)cc1. The normalized spacial score (nSPS) is 13.2. The van der Waals surface area contributed by atoms with Gasteiger partial charge in [0.05, 0.1) is 6.26 Å². The van der Waals surface area contributed by atoms with E-state index >= 15 is 0 Å². The molecule has 23 heavy (non-hydrogen) atoms. The van der Waals surface area contributed by atoms with Gasteiger partial charge >= 0.3 is 6.03 Å². The summed E-state index contributed by atoms with van der Waals surface area (Å²) < 4.78 is 5.14. The Labute approximate surface area is 136 Å². The number of carbonyl (C=O) groups is 1. The van der Waals surface area contributed by atoms with Crippen molar-refractivity contribution in [3.8, 4) is 0 Å². The fraction of sp³-hybridized carbons (Fsp3) is 0.353. The van der Waals surface area contributed by atoms with Crippen LogP contribution in [0.25, 0.3) is 0 Å². The maximum absolute atomic E-state index is 12.0. The van der Waals surface area contributed by atoms with Gasteiger partial charge in [-0.25, -0.2) is 4.79 Å². The van der Waals surface area contributed by atoms with E-state index < -0.39 is 6.10 Å². The van der Waals surface area contributed by atoms with Crippen molar-refractivity contribution >= 4 is 17.4 Å². The lowest BCUT2D eigenvalue weighted by molar-refractivity contribution is 0.130. The van der Waals surface area contributed by atoms with Gasteiger partial charge in [0.25, 0.3) is 0 Å². The molecule has 0 saturated heterocycles. The molecule has 0 saturated carbocycles. The summed E-state index contributed by atoms with van der Waals surface area (Å²) in [5.74, 6) is 0.498. The van der Waals surface area contributed by atoms with Crippen LogP contribution >= 0.6 is 0 Å². The first-order valence-corrected chi connectivity index (χ1v) is 7.52. The average Bonchev–Trinajstić information content (AvgIpc) is 3.01. The van der Waals surface area contributed by atoms with Gasteiger partial charge in [0, 0.05) is 37.9 Å². The van der Waals surface area contributed by atoms with E-state index in [-0.39, 0.29) is 12.1 Å². The highest BCUT2D eigenvalue weighted by Gasteiger charge is 2.16. The van der Waals surface area contributed by atoms with Gasteiger partial charge in [0.1, 0.15) is 11.9 Å². The number of anilines is 2. The first kappa shape index (κ1) is 16.9. The molecule has 0 aliphatic heterocycles. The number of nitrogens with zero attached hydrogens (tertiary/aromatic N) is 1. The van der Waals surface area contributed by atoms with E-state index in [1.54, 1.807) is 12.1 Å². The van der Waals surface area contributed by atoms with E-state index in [4.69, 9.17) is 4.42 Å². The summed E-state index contributed by atoms with van der Waals surface area (Å²) in [5, 5.41) is 15.6. The zero-order valence-corrected chi connectivity index (χ0v) is 13.6. The van der Waals surface area contributed by atoms with Crippen LogP contribution in [-0.2, 0) is 0 Å². The Morgan fingerprint density at radius 3 is 2.52 bits per heavy atom. The summed E-state index contributed by atoms with van der Waals surface area (Å²) >= 11 is 0. The van der Waals surface area contributed by atoms with Crippen molar-refractivity contribution in [1.29, 1.82) is 0 Å². The lowest BCUT2D eigenvalue weighted by Crippen LogP contribution is -2.37. The molecule has 1 aromatic carbocycles. The van der Waals surface area contributed by atoms with Gasteiger partial charge in [-0.3, -0.25) is 0 Å². The topological polar surface area (TPSA) is 77.7 Å². The van der Waals surface area contributed by atoms with E-state index in [2.05, 4.69) is 10.6 Å². The second-order valence-corrected chi connectivity index (χ2v) is 5.71. The van der Waals surface area contributed by atoms with Crippen LogP contribution in [0.3, 0.4) is 0 Å². The van der Waals surface area contributed by atoms with Crippen molar-refractivity contribution in [2.45, 2.75) is 25.5 Å². The molecule has 2 rings (SSSR count). The smallest absolute Gasteiger partial charge is 0.319 e. The molecule has 2 aromatic rings. The molecule has 0 radical (unpaired) electrons. The lowest BCUT2D eigenvalue weighted by Gasteiger charge is -2.17. The second-order valence-electron chi connectivity index (χ2n) is 5.71. The maximum atomic E-state index is 12.0. The van der Waals surface area contributed by atoms with Crippen molar-refractivity contribution in [3.63, 3.8) is 0 Å². The third kappa shape index (κ3) is 5.03. The molecule has 0 aliphatic rings. The van der Waals surface area contributed by atoms with Crippen molar-refractivity contribution in [2.75, 3.05) is 24.3 Å². The van der Waals surface area contributed by atoms with E-state index in [1.807, 2.05) is 50.2 Å². The number of hydrogen-bond donors (Lipinski definition) is 3. The molecule has 2 atom stereocenters. The molecule has 3 N–H and O–H groups in total. The highest BCUT2D eigenvalue weighted by atomic mass is 16.4. The van der Waals surface area contributed by atoms with Crippen LogP contribution in [0.2, 0.25) is 0 Å². The lowest BCUT2D eigenvalue weighted by atomic mass is 10.1. The number of aliphatic hydroxyl groups is 1. The van der Waals surface area contributed by atoms with E-state index in [0.717, 1.165) is 5.69 Å². The predicted molar refractivity (Wildman–Crippen MR) is 90.7 cm³/mol. The minimum atomic E-state index is -0.736. The fourth-order valence-electron chi connectivity index (χ4n) is 2.22. The Kier molecular flexibility index (Phi) is 5.65. The molecule has 124 valence electrons. The highest BCUT2D eigenvalue weighted by Crippen LogP contribution is 2.19. The Morgan fingerprint density at radius 1 is 1.26 bits per heavy atom. The van der Waals surface area contributed by atoms with Crippen molar-refractivity contribution in [1.82, 2.24) is 5.32 Å². The van der Waals surface area contributed by atoms with Gasteiger partial charge in [-0.05, 0) is 43.3 Å². The number of carbonyl (C=O) groups excluding carboxylic acids is 1. The molecule has 0 spiro atoms. The van der Waals surface area contributed by atoms with Crippen molar-refractivity contribution in [2.24, 2.45) is 0 Å². The van der Waals surface area contributed by atoms with E-state index in [0.29, 0.717) is 17.9 Å². The molecule has 6 nitrogen and oxygen atoms in total. The molecule has 1 heterocycles. The molecule has 0 bridgehead atoms. The Bertz CT molecular complexity index is 609.